The van der Waals surface area contributed by atoms with E-state index >= 15 is 0 Å². The number of rotatable bonds is 5. The first-order valence-electron chi connectivity index (χ1n) is 6.77. The minimum atomic E-state index is -0.508. The third kappa shape index (κ3) is 5.18. The zero-order chi connectivity index (χ0) is 14.7. The molecule has 7 heteroatoms. The number of hydrogen-bond donors (Lipinski definition) is 2. The van der Waals surface area contributed by atoms with Crippen molar-refractivity contribution in [2.24, 2.45) is 5.73 Å². The highest BCUT2D eigenvalue weighted by molar-refractivity contribution is 5.96. The zero-order valence-electron chi connectivity index (χ0n) is 13.1. The molecule has 0 saturated carbocycles. The second-order valence-corrected chi connectivity index (χ2v) is 5.36. The van der Waals surface area contributed by atoms with Gasteiger partial charge >= 0.3 is 0 Å². The van der Waals surface area contributed by atoms with Gasteiger partial charge in [-0.2, -0.15) is 0 Å². The molecule has 0 aliphatic carbocycles. The molecule has 2 aromatic rings. The molecule has 3 N–H and O–H groups in total. The van der Waals surface area contributed by atoms with E-state index in [0.717, 1.165) is 24.3 Å². The Bertz CT molecular complexity index is 611. The summed E-state index contributed by atoms with van der Waals surface area (Å²) < 4.78 is 2.19. The topological polar surface area (TPSA) is 63.3 Å². The Morgan fingerprint density at radius 3 is 2.59 bits per heavy atom. The minimum Gasteiger partial charge on any atom is -0.346 e. The Kier molecular flexibility index (Phi) is 8.48. The summed E-state index contributed by atoms with van der Waals surface area (Å²) in [5.74, 6) is -0.171. The van der Waals surface area contributed by atoms with Crippen LogP contribution in [0.1, 0.15) is 6.92 Å². The second-order valence-electron chi connectivity index (χ2n) is 5.36. The van der Waals surface area contributed by atoms with E-state index in [1.807, 2.05) is 18.2 Å². The van der Waals surface area contributed by atoms with Gasteiger partial charge in [0.05, 0.1) is 11.6 Å². The van der Waals surface area contributed by atoms with Crippen molar-refractivity contribution in [1.82, 2.24) is 9.47 Å². The number of aromatic nitrogens is 1. The molecule has 0 aliphatic rings. The fraction of sp³-hybridized carbons (Fsp3) is 0.400. The molecule has 2 rings (SSSR count). The number of likely N-dealkylation sites (N-methyl/N-ethyl adjacent to an activating group) is 1. The molecule has 1 aromatic heterocycles. The summed E-state index contributed by atoms with van der Waals surface area (Å²) in [5.41, 5.74) is 7.47. The molecule has 1 unspecified atom stereocenters. The van der Waals surface area contributed by atoms with Gasteiger partial charge in [-0.25, -0.2) is 0 Å². The lowest BCUT2D eigenvalue weighted by Crippen LogP contribution is -2.32. The van der Waals surface area contributed by atoms with Crippen LogP contribution in [0, 0.1) is 0 Å². The zero-order valence-corrected chi connectivity index (χ0v) is 14.7. The highest BCUT2D eigenvalue weighted by atomic mass is 35.5. The van der Waals surface area contributed by atoms with Gasteiger partial charge in [0.25, 0.3) is 0 Å². The fourth-order valence-electron chi connectivity index (χ4n) is 2.02. The van der Waals surface area contributed by atoms with Gasteiger partial charge in [0.15, 0.2) is 0 Å². The summed E-state index contributed by atoms with van der Waals surface area (Å²) in [7, 11) is 4.11. The largest absolute Gasteiger partial charge is 0.346 e. The molecule has 124 valence electrons. The Balaban J connectivity index is 0.00000220. The molecule has 0 radical (unpaired) electrons. The molecule has 0 fully saturated rings. The number of fused-ring (bicyclic) bond motifs is 1. The van der Waals surface area contributed by atoms with E-state index in [9.17, 15) is 4.79 Å². The summed E-state index contributed by atoms with van der Waals surface area (Å²) in [6, 6.07) is 7.48. The van der Waals surface area contributed by atoms with Crippen LogP contribution in [0.2, 0.25) is 0 Å². The predicted octanol–water partition coefficient (Wildman–Crippen LogP) is 2.33. The Hall–Kier alpha value is -1.27. The lowest BCUT2D eigenvalue weighted by molar-refractivity contribution is -0.117. The smallest absolute Gasteiger partial charge is 0.240 e. The van der Waals surface area contributed by atoms with Crippen LogP contribution < -0.4 is 11.1 Å². The van der Waals surface area contributed by atoms with E-state index in [2.05, 4.69) is 41.1 Å². The summed E-state index contributed by atoms with van der Waals surface area (Å²) >= 11 is 0. The first-order valence-corrected chi connectivity index (χ1v) is 6.77. The highest BCUT2D eigenvalue weighted by Crippen LogP contribution is 2.20. The number of nitrogens with zero attached hydrogens (tertiary/aromatic N) is 2. The molecule has 1 amide bonds. The number of nitrogens with two attached hydrogens (primary N) is 1. The molecular formula is C15H24Cl2N4O. The van der Waals surface area contributed by atoms with Crippen LogP contribution in [-0.2, 0) is 11.3 Å². The molecule has 1 aromatic carbocycles. The Labute approximate surface area is 143 Å². The number of carbonyl (C=O) groups is 1. The van der Waals surface area contributed by atoms with E-state index in [4.69, 9.17) is 5.73 Å². The van der Waals surface area contributed by atoms with Crippen molar-refractivity contribution in [3.8, 4) is 0 Å². The van der Waals surface area contributed by atoms with E-state index in [-0.39, 0.29) is 30.7 Å². The van der Waals surface area contributed by atoms with Crippen molar-refractivity contribution in [3.05, 3.63) is 30.5 Å². The molecule has 22 heavy (non-hydrogen) atoms. The van der Waals surface area contributed by atoms with E-state index in [1.54, 1.807) is 6.92 Å². The summed E-state index contributed by atoms with van der Waals surface area (Å²) in [6.07, 6.45) is 2.07. The SMILES string of the molecule is CC(N)C(=O)Nc1ccc2ccn(CCN(C)C)c2c1.Cl.Cl. The van der Waals surface area contributed by atoms with Crippen LogP contribution in [0.4, 0.5) is 5.69 Å². The molecule has 1 atom stereocenters. The molecule has 0 saturated heterocycles. The number of hydrogen-bond acceptors (Lipinski definition) is 3. The van der Waals surface area contributed by atoms with Crippen molar-refractivity contribution in [1.29, 1.82) is 0 Å². The normalized spacial score (nSPS) is 11.7. The minimum absolute atomic E-state index is 0. The van der Waals surface area contributed by atoms with Crippen molar-refractivity contribution >= 4 is 47.3 Å². The van der Waals surface area contributed by atoms with Crippen molar-refractivity contribution in [2.45, 2.75) is 19.5 Å². The Morgan fingerprint density at radius 2 is 2.00 bits per heavy atom. The van der Waals surface area contributed by atoms with Gasteiger partial charge in [-0.15, -0.1) is 24.8 Å². The van der Waals surface area contributed by atoms with Gasteiger partial charge in [-0.3, -0.25) is 4.79 Å². The molecule has 5 nitrogen and oxygen atoms in total. The number of anilines is 1. The van der Waals surface area contributed by atoms with E-state index in [1.165, 1.54) is 5.39 Å². The molecular weight excluding hydrogens is 323 g/mol. The fourth-order valence-corrected chi connectivity index (χ4v) is 2.02. The standard InChI is InChI=1S/C15H22N4O.2ClH/c1-11(16)15(20)17-13-5-4-12-6-7-19(14(12)10-13)9-8-18(2)3;;/h4-7,10-11H,8-9,16H2,1-3H3,(H,17,20);2*1H. The summed E-state index contributed by atoms with van der Waals surface area (Å²) in [6.45, 7) is 3.56. The maximum absolute atomic E-state index is 11.6. The first kappa shape index (κ1) is 20.7. The van der Waals surface area contributed by atoms with Crippen LogP contribution in [0.3, 0.4) is 0 Å². The average molecular weight is 347 g/mol. The number of amides is 1. The lowest BCUT2D eigenvalue weighted by Gasteiger charge is -2.12. The average Bonchev–Trinajstić information content (AvgIpc) is 2.78. The van der Waals surface area contributed by atoms with Crippen LogP contribution in [0.15, 0.2) is 30.5 Å². The van der Waals surface area contributed by atoms with Gasteiger partial charge in [-0.1, -0.05) is 6.07 Å². The number of nitrogens with one attached hydrogen (secondary N) is 1. The van der Waals surface area contributed by atoms with Gasteiger partial charge in [0.1, 0.15) is 0 Å². The van der Waals surface area contributed by atoms with Crippen molar-refractivity contribution in [2.75, 3.05) is 26.0 Å². The van der Waals surface area contributed by atoms with Crippen molar-refractivity contribution < 1.29 is 4.79 Å². The first-order chi connectivity index (χ1) is 9.47. The maximum Gasteiger partial charge on any atom is 0.240 e. The predicted molar refractivity (Wildman–Crippen MR) is 97.3 cm³/mol. The van der Waals surface area contributed by atoms with Crippen LogP contribution in [-0.4, -0.2) is 42.1 Å². The number of halogens is 2. The van der Waals surface area contributed by atoms with E-state index in [0.29, 0.717) is 0 Å². The molecule has 0 spiro atoms. The van der Waals surface area contributed by atoms with Gasteiger partial charge in [-0.05, 0) is 44.6 Å². The second kappa shape index (κ2) is 9.00. The summed E-state index contributed by atoms with van der Waals surface area (Å²) in [5, 5.41) is 4.00. The van der Waals surface area contributed by atoms with Gasteiger partial charge in [0, 0.05) is 25.0 Å². The van der Waals surface area contributed by atoms with Crippen molar-refractivity contribution in [3.63, 3.8) is 0 Å². The van der Waals surface area contributed by atoms with Gasteiger partial charge in [0.2, 0.25) is 5.91 Å². The lowest BCUT2D eigenvalue weighted by atomic mass is 10.2. The summed E-state index contributed by atoms with van der Waals surface area (Å²) in [4.78, 5) is 13.8. The number of carbonyl (C=O) groups excluding carboxylic acids is 1. The van der Waals surface area contributed by atoms with Crippen LogP contribution in [0.5, 0.6) is 0 Å². The van der Waals surface area contributed by atoms with Gasteiger partial charge < -0.3 is 20.5 Å². The third-order valence-corrected chi connectivity index (χ3v) is 3.24. The number of benzene rings is 1. The quantitative estimate of drug-likeness (QED) is 0.873. The van der Waals surface area contributed by atoms with E-state index < -0.39 is 6.04 Å². The monoisotopic (exact) mass is 346 g/mol. The molecule has 0 aliphatic heterocycles. The maximum atomic E-state index is 11.6. The molecule has 1 heterocycles. The third-order valence-electron chi connectivity index (χ3n) is 3.24. The Morgan fingerprint density at radius 1 is 1.32 bits per heavy atom. The highest BCUT2D eigenvalue weighted by Gasteiger charge is 2.09. The molecule has 0 bridgehead atoms. The van der Waals surface area contributed by atoms with Crippen LogP contribution >= 0.6 is 24.8 Å². The van der Waals surface area contributed by atoms with Crippen LogP contribution in [0.25, 0.3) is 10.9 Å².